The second-order valence-electron chi connectivity index (χ2n) is 4.21. The fourth-order valence-corrected chi connectivity index (χ4v) is 1.31. The lowest BCUT2D eigenvalue weighted by Crippen LogP contribution is -2.35. The van der Waals surface area contributed by atoms with Crippen LogP contribution in [0, 0.1) is 0 Å². The molecule has 0 amide bonds. The molecule has 0 aromatic heterocycles. The van der Waals surface area contributed by atoms with Crippen molar-refractivity contribution in [1.29, 1.82) is 0 Å². The predicted octanol–water partition coefficient (Wildman–Crippen LogP) is 1.56. The molecule has 1 aromatic rings. The van der Waals surface area contributed by atoms with E-state index < -0.39 is 5.60 Å². The third kappa shape index (κ3) is 5.06. The highest BCUT2D eigenvalue weighted by Crippen LogP contribution is 2.20. The number of aliphatic hydroxyl groups is 1. The summed E-state index contributed by atoms with van der Waals surface area (Å²) in [6.07, 6.45) is 0.502. The Bertz CT molecular complexity index is 339. The number of hydrogen-bond donors (Lipinski definition) is 2. The zero-order valence-corrected chi connectivity index (χ0v) is 10.5. The molecule has 0 saturated heterocycles. The second kappa shape index (κ2) is 6.47. The van der Waals surface area contributed by atoms with Gasteiger partial charge in [0.25, 0.3) is 0 Å². The Hall–Kier alpha value is -1.26. The molecule has 17 heavy (non-hydrogen) atoms. The summed E-state index contributed by atoms with van der Waals surface area (Å²) < 4.78 is 10.9. The van der Waals surface area contributed by atoms with Crippen LogP contribution in [-0.2, 0) is 0 Å². The molecule has 0 saturated carbocycles. The van der Waals surface area contributed by atoms with Crippen molar-refractivity contribution < 1.29 is 14.6 Å². The lowest BCUT2D eigenvalue weighted by Gasteiger charge is -2.20. The Morgan fingerprint density at radius 1 is 1.29 bits per heavy atom. The Kier molecular flexibility index (Phi) is 5.25. The smallest absolute Gasteiger partial charge is 0.122 e. The molecule has 96 valence electrons. The van der Waals surface area contributed by atoms with Crippen molar-refractivity contribution in [2.24, 2.45) is 5.73 Å². The number of hydrogen-bond acceptors (Lipinski definition) is 4. The van der Waals surface area contributed by atoms with E-state index in [1.807, 2.05) is 31.2 Å². The summed E-state index contributed by atoms with van der Waals surface area (Å²) in [4.78, 5) is 0. The van der Waals surface area contributed by atoms with Crippen LogP contribution in [0.25, 0.3) is 0 Å². The van der Waals surface area contributed by atoms with Gasteiger partial charge in [0.1, 0.15) is 11.5 Å². The highest BCUT2D eigenvalue weighted by Gasteiger charge is 2.17. The van der Waals surface area contributed by atoms with Crippen LogP contribution in [0.1, 0.15) is 20.3 Å². The number of ether oxygens (including phenoxy) is 2. The molecule has 4 nitrogen and oxygen atoms in total. The van der Waals surface area contributed by atoms with Gasteiger partial charge in [-0.1, -0.05) is 6.07 Å². The van der Waals surface area contributed by atoms with Crippen LogP contribution in [0.15, 0.2) is 24.3 Å². The average Bonchev–Trinajstić information content (AvgIpc) is 2.30. The monoisotopic (exact) mass is 239 g/mol. The largest absolute Gasteiger partial charge is 0.494 e. The summed E-state index contributed by atoms with van der Waals surface area (Å²) >= 11 is 0. The Morgan fingerprint density at radius 3 is 2.53 bits per heavy atom. The Morgan fingerprint density at radius 2 is 1.94 bits per heavy atom. The van der Waals surface area contributed by atoms with Crippen LogP contribution in [-0.4, -0.2) is 30.5 Å². The first-order valence-corrected chi connectivity index (χ1v) is 5.85. The van der Waals surface area contributed by atoms with Crippen LogP contribution in [0.3, 0.4) is 0 Å². The molecule has 1 unspecified atom stereocenters. The van der Waals surface area contributed by atoms with Gasteiger partial charge in [-0.15, -0.1) is 0 Å². The minimum absolute atomic E-state index is 0.231. The lowest BCUT2D eigenvalue weighted by atomic mass is 10.0. The van der Waals surface area contributed by atoms with E-state index in [2.05, 4.69) is 0 Å². The van der Waals surface area contributed by atoms with Gasteiger partial charge in [0, 0.05) is 19.0 Å². The van der Waals surface area contributed by atoms with E-state index in [9.17, 15) is 5.11 Å². The van der Waals surface area contributed by atoms with Gasteiger partial charge >= 0.3 is 0 Å². The molecule has 0 spiro atoms. The Balaban J connectivity index is 2.44. The fourth-order valence-electron chi connectivity index (χ4n) is 1.31. The van der Waals surface area contributed by atoms with Crippen LogP contribution in [0.2, 0.25) is 0 Å². The summed E-state index contributed by atoms with van der Waals surface area (Å²) in [5, 5.41) is 9.71. The van der Waals surface area contributed by atoms with Crippen molar-refractivity contribution >= 4 is 0 Å². The van der Waals surface area contributed by atoms with Crippen molar-refractivity contribution in [1.82, 2.24) is 0 Å². The maximum absolute atomic E-state index is 9.71. The predicted molar refractivity (Wildman–Crippen MR) is 67.4 cm³/mol. The number of benzene rings is 1. The van der Waals surface area contributed by atoms with Crippen LogP contribution >= 0.6 is 0 Å². The zero-order valence-electron chi connectivity index (χ0n) is 10.5. The van der Waals surface area contributed by atoms with E-state index in [-0.39, 0.29) is 6.54 Å². The molecule has 3 N–H and O–H groups in total. The summed E-state index contributed by atoms with van der Waals surface area (Å²) in [5.74, 6) is 1.53. The van der Waals surface area contributed by atoms with Gasteiger partial charge in [0.15, 0.2) is 0 Å². The summed E-state index contributed by atoms with van der Waals surface area (Å²) in [6.45, 7) is 4.93. The first-order chi connectivity index (χ1) is 8.07. The maximum atomic E-state index is 9.71. The second-order valence-corrected chi connectivity index (χ2v) is 4.21. The SMILES string of the molecule is CCOc1cccc(OCCC(C)(O)CN)c1. The molecule has 0 aliphatic rings. The molecule has 0 aliphatic heterocycles. The summed E-state index contributed by atoms with van der Waals surface area (Å²) in [7, 11) is 0. The molecule has 0 fully saturated rings. The van der Waals surface area contributed by atoms with Crippen LogP contribution in [0.5, 0.6) is 11.5 Å². The van der Waals surface area contributed by atoms with Gasteiger partial charge in [-0.25, -0.2) is 0 Å². The van der Waals surface area contributed by atoms with Gasteiger partial charge in [0.05, 0.1) is 18.8 Å². The summed E-state index contributed by atoms with van der Waals surface area (Å²) in [5.41, 5.74) is 4.56. The van der Waals surface area contributed by atoms with Crippen molar-refractivity contribution in [3.8, 4) is 11.5 Å². The fraction of sp³-hybridized carbons (Fsp3) is 0.538. The quantitative estimate of drug-likeness (QED) is 0.758. The molecule has 0 radical (unpaired) electrons. The van der Waals surface area contributed by atoms with E-state index in [1.54, 1.807) is 6.92 Å². The topological polar surface area (TPSA) is 64.7 Å². The third-order valence-corrected chi connectivity index (χ3v) is 2.47. The molecule has 0 heterocycles. The first-order valence-electron chi connectivity index (χ1n) is 5.85. The third-order valence-electron chi connectivity index (χ3n) is 2.47. The number of nitrogens with two attached hydrogens (primary N) is 1. The van der Waals surface area contributed by atoms with Crippen LogP contribution < -0.4 is 15.2 Å². The van der Waals surface area contributed by atoms with Crippen LogP contribution in [0.4, 0.5) is 0 Å². The van der Waals surface area contributed by atoms with Gasteiger partial charge in [-0.2, -0.15) is 0 Å². The molecular formula is C13H21NO3. The van der Waals surface area contributed by atoms with E-state index >= 15 is 0 Å². The molecule has 1 rings (SSSR count). The van der Waals surface area contributed by atoms with E-state index in [1.165, 1.54) is 0 Å². The van der Waals surface area contributed by atoms with E-state index in [4.69, 9.17) is 15.2 Å². The van der Waals surface area contributed by atoms with Gasteiger partial charge in [0.2, 0.25) is 0 Å². The molecule has 0 bridgehead atoms. The van der Waals surface area contributed by atoms with E-state index in [0.717, 1.165) is 11.5 Å². The standard InChI is InChI=1S/C13H21NO3/c1-3-16-11-5-4-6-12(9-11)17-8-7-13(2,15)10-14/h4-6,9,15H,3,7-8,10,14H2,1-2H3. The molecule has 1 aromatic carbocycles. The van der Waals surface area contributed by atoms with Gasteiger partial charge < -0.3 is 20.3 Å². The first kappa shape index (κ1) is 13.8. The van der Waals surface area contributed by atoms with Crippen molar-refractivity contribution in [3.05, 3.63) is 24.3 Å². The number of rotatable bonds is 7. The molecule has 0 aliphatic carbocycles. The highest BCUT2D eigenvalue weighted by molar-refractivity contribution is 5.32. The lowest BCUT2D eigenvalue weighted by molar-refractivity contribution is 0.0453. The summed E-state index contributed by atoms with van der Waals surface area (Å²) in [6, 6.07) is 7.45. The van der Waals surface area contributed by atoms with Crippen molar-refractivity contribution in [3.63, 3.8) is 0 Å². The minimum atomic E-state index is -0.864. The van der Waals surface area contributed by atoms with Crippen molar-refractivity contribution in [2.75, 3.05) is 19.8 Å². The van der Waals surface area contributed by atoms with Gasteiger partial charge in [-0.3, -0.25) is 0 Å². The Labute approximate surface area is 102 Å². The van der Waals surface area contributed by atoms with E-state index in [0.29, 0.717) is 19.6 Å². The van der Waals surface area contributed by atoms with Crippen molar-refractivity contribution in [2.45, 2.75) is 25.9 Å². The molecule has 4 heteroatoms. The zero-order chi connectivity index (χ0) is 12.7. The van der Waals surface area contributed by atoms with Gasteiger partial charge in [-0.05, 0) is 26.0 Å². The normalized spacial score (nSPS) is 14.1. The molecular weight excluding hydrogens is 218 g/mol. The molecule has 1 atom stereocenters. The average molecular weight is 239 g/mol. The maximum Gasteiger partial charge on any atom is 0.122 e. The minimum Gasteiger partial charge on any atom is -0.494 e. The highest BCUT2D eigenvalue weighted by atomic mass is 16.5.